The summed E-state index contributed by atoms with van der Waals surface area (Å²) in [5.74, 6) is 0. The molecule has 0 fully saturated rings. The second kappa shape index (κ2) is 5.95. The highest BCUT2D eigenvalue weighted by Crippen LogP contribution is 2.21. The van der Waals surface area contributed by atoms with Crippen molar-refractivity contribution in [3.8, 4) is 0 Å². The number of hydrogen-bond donors (Lipinski definition) is 0. The first-order chi connectivity index (χ1) is 9.41. The first kappa shape index (κ1) is 15.0. The van der Waals surface area contributed by atoms with Crippen LogP contribution in [0.25, 0.3) is 0 Å². The third-order valence-electron chi connectivity index (χ3n) is 3.08. The van der Waals surface area contributed by atoms with E-state index in [-0.39, 0.29) is 6.54 Å². The minimum Gasteiger partial charge on any atom is -0.207 e. The SMILES string of the molecule is Cc1ccccc1S(=O)(=O)N(C)Cc1cccc(Cl)c1. The molecule has 0 aliphatic rings. The number of aryl methyl sites for hydroxylation is 1. The van der Waals surface area contributed by atoms with Crippen molar-refractivity contribution in [1.29, 1.82) is 0 Å². The molecule has 0 aliphatic heterocycles. The summed E-state index contributed by atoms with van der Waals surface area (Å²) in [7, 11) is -1.92. The van der Waals surface area contributed by atoms with Gasteiger partial charge in [0, 0.05) is 18.6 Å². The predicted molar refractivity (Wildman–Crippen MR) is 81.3 cm³/mol. The van der Waals surface area contributed by atoms with Crippen LogP contribution in [-0.4, -0.2) is 19.8 Å². The van der Waals surface area contributed by atoms with E-state index >= 15 is 0 Å². The molecule has 0 heterocycles. The van der Waals surface area contributed by atoms with Crippen molar-refractivity contribution in [2.75, 3.05) is 7.05 Å². The van der Waals surface area contributed by atoms with Gasteiger partial charge in [-0.05, 0) is 36.2 Å². The van der Waals surface area contributed by atoms with E-state index in [2.05, 4.69) is 0 Å². The van der Waals surface area contributed by atoms with Gasteiger partial charge in [-0.25, -0.2) is 8.42 Å². The highest BCUT2D eigenvalue weighted by molar-refractivity contribution is 7.89. The number of rotatable bonds is 4. The zero-order valence-corrected chi connectivity index (χ0v) is 12.9. The first-order valence-electron chi connectivity index (χ1n) is 6.17. The van der Waals surface area contributed by atoms with Crippen LogP contribution >= 0.6 is 11.6 Å². The molecule has 0 saturated heterocycles. The van der Waals surface area contributed by atoms with Crippen molar-refractivity contribution in [1.82, 2.24) is 4.31 Å². The van der Waals surface area contributed by atoms with Crippen molar-refractivity contribution < 1.29 is 8.42 Å². The Balaban J connectivity index is 2.29. The molecule has 2 aromatic rings. The number of benzene rings is 2. The lowest BCUT2D eigenvalue weighted by Crippen LogP contribution is -2.27. The molecule has 0 unspecified atom stereocenters. The predicted octanol–water partition coefficient (Wildman–Crippen LogP) is 3.47. The van der Waals surface area contributed by atoms with Crippen LogP contribution in [0.15, 0.2) is 53.4 Å². The van der Waals surface area contributed by atoms with Crippen molar-refractivity contribution in [3.05, 3.63) is 64.7 Å². The molecule has 2 rings (SSSR count). The Bertz CT molecular complexity index is 713. The molecular formula is C15H16ClNO2S. The lowest BCUT2D eigenvalue weighted by Gasteiger charge is -2.18. The molecule has 20 heavy (non-hydrogen) atoms. The van der Waals surface area contributed by atoms with Gasteiger partial charge < -0.3 is 0 Å². The first-order valence-corrected chi connectivity index (χ1v) is 7.99. The molecule has 0 aromatic heterocycles. The Morgan fingerprint density at radius 2 is 1.80 bits per heavy atom. The fourth-order valence-corrected chi connectivity index (χ4v) is 3.58. The van der Waals surface area contributed by atoms with Crippen LogP contribution in [0.4, 0.5) is 0 Å². The fraction of sp³-hybridized carbons (Fsp3) is 0.200. The van der Waals surface area contributed by atoms with Crippen LogP contribution in [-0.2, 0) is 16.6 Å². The lowest BCUT2D eigenvalue weighted by atomic mass is 10.2. The Labute approximate surface area is 124 Å². The van der Waals surface area contributed by atoms with Gasteiger partial charge in [0.05, 0.1) is 4.90 Å². The Kier molecular flexibility index (Phi) is 4.48. The Morgan fingerprint density at radius 1 is 1.10 bits per heavy atom. The average molecular weight is 310 g/mol. The summed E-state index contributed by atoms with van der Waals surface area (Å²) in [6.45, 7) is 2.08. The molecule has 0 saturated carbocycles. The van der Waals surface area contributed by atoms with E-state index in [0.717, 1.165) is 11.1 Å². The third-order valence-corrected chi connectivity index (χ3v) is 5.27. The molecule has 106 valence electrons. The van der Waals surface area contributed by atoms with E-state index < -0.39 is 10.0 Å². The smallest absolute Gasteiger partial charge is 0.207 e. The van der Waals surface area contributed by atoms with E-state index in [1.807, 2.05) is 18.2 Å². The number of nitrogens with zero attached hydrogens (tertiary/aromatic N) is 1. The largest absolute Gasteiger partial charge is 0.243 e. The number of sulfonamides is 1. The van der Waals surface area contributed by atoms with E-state index in [4.69, 9.17) is 11.6 Å². The van der Waals surface area contributed by atoms with Crippen LogP contribution in [0.2, 0.25) is 5.02 Å². The Morgan fingerprint density at radius 3 is 2.45 bits per heavy atom. The van der Waals surface area contributed by atoms with Crippen molar-refractivity contribution in [3.63, 3.8) is 0 Å². The van der Waals surface area contributed by atoms with Crippen molar-refractivity contribution in [2.45, 2.75) is 18.4 Å². The zero-order valence-electron chi connectivity index (χ0n) is 11.4. The monoisotopic (exact) mass is 309 g/mol. The summed E-state index contributed by atoms with van der Waals surface area (Å²) in [6, 6.07) is 14.2. The molecule has 0 bridgehead atoms. The average Bonchev–Trinajstić information content (AvgIpc) is 2.39. The van der Waals surface area contributed by atoms with Gasteiger partial charge in [-0.1, -0.05) is 41.9 Å². The van der Waals surface area contributed by atoms with E-state index in [0.29, 0.717) is 9.92 Å². The van der Waals surface area contributed by atoms with Crippen LogP contribution in [0.3, 0.4) is 0 Å². The second-order valence-electron chi connectivity index (χ2n) is 4.66. The van der Waals surface area contributed by atoms with Gasteiger partial charge in [0.1, 0.15) is 0 Å². The summed E-state index contributed by atoms with van der Waals surface area (Å²) in [6.07, 6.45) is 0. The van der Waals surface area contributed by atoms with Crippen molar-refractivity contribution in [2.24, 2.45) is 0 Å². The van der Waals surface area contributed by atoms with E-state index in [1.54, 1.807) is 44.3 Å². The molecule has 0 radical (unpaired) electrons. The van der Waals surface area contributed by atoms with Crippen LogP contribution in [0.1, 0.15) is 11.1 Å². The molecule has 0 N–H and O–H groups in total. The molecule has 2 aromatic carbocycles. The maximum absolute atomic E-state index is 12.5. The number of halogens is 1. The minimum atomic E-state index is -3.49. The van der Waals surface area contributed by atoms with Crippen LogP contribution in [0.5, 0.6) is 0 Å². The summed E-state index contributed by atoms with van der Waals surface area (Å²) in [5, 5.41) is 0.601. The van der Waals surface area contributed by atoms with Gasteiger partial charge in [0.2, 0.25) is 10.0 Å². The van der Waals surface area contributed by atoms with E-state index in [9.17, 15) is 8.42 Å². The van der Waals surface area contributed by atoms with Gasteiger partial charge in [-0.2, -0.15) is 4.31 Å². The topological polar surface area (TPSA) is 37.4 Å². The van der Waals surface area contributed by atoms with Gasteiger partial charge in [0.25, 0.3) is 0 Å². The highest BCUT2D eigenvalue weighted by Gasteiger charge is 2.22. The maximum Gasteiger partial charge on any atom is 0.243 e. The quantitative estimate of drug-likeness (QED) is 0.867. The second-order valence-corrected chi connectivity index (χ2v) is 7.11. The maximum atomic E-state index is 12.5. The third kappa shape index (κ3) is 3.20. The summed E-state index contributed by atoms with van der Waals surface area (Å²) in [5.41, 5.74) is 1.60. The summed E-state index contributed by atoms with van der Waals surface area (Å²) in [4.78, 5) is 0.338. The normalized spacial score (nSPS) is 11.8. The zero-order chi connectivity index (χ0) is 14.8. The van der Waals surface area contributed by atoms with Crippen LogP contribution < -0.4 is 0 Å². The molecule has 3 nitrogen and oxygen atoms in total. The fourth-order valence-electron chi connectivity index (χ4n) is 1.99. The van der Waals surface area contributed by atoms with Gasteiger partial charge >= 0.3 is 0 Å². The molecule has 5 heteroatoms. The summed E-state index contributed by atoms with van der Waals surface area (Å²) >= 11 is 5.92. The van der Waals surface area contributed by atoms with Crippen molar-refractivity contribution >= 4 is 21.6 Å². The molecule has 0 amide bonds. The highest BCUT2D eigenvalue weighted by atomic mass is 35.5. The van der Waals surface area contributed by atoms with Gasteiger partial charge in [-0.3, -0.25) is 0 Å². The van der Waals surface area contributed by atoms with Gasteiger partial charge in [0.15, 0.2) is 0 Å². The number of hydrogen-bond acceptors (Lipinski definition) is 2. The molecule has 0 atom stereocenters. The molecule has 0 aliphatic carbocycles. The van der Waals surface area contributed by atoms with Gasteiger partial charge in [-0.15, -0.1) is 0 Å². The summed E-state index contributed by atoms with van der Waals surface area (Å²) < 4.78 is 26.4. The van der Waals surface area contributed by atoms with E-state index in [1.165, 1.54) is 4.31 Å². The lowest BCUT2D eigenvalue weighted by molar-refractivity contribution is 0.466. The minimum absolute atomic E-state index is 0.289. The Hall–Kier alpha value is -1.36. The standard InChI is InChI=1S/C15H16ClNO2S/c1-12-6-3-4-9-15(12)20(18,19)17(2)11-13-7-5-8-14(16)10-13/h3-10H,11H2,1-2H3. The van der Waals surface area contributed by atoms with Crippen LogP contribution in [0, 0.1) is 6.92 Å². The molecular weight excluding hydrogens is 294 g/mol. The molecule has 0 spiro atoms.